The number of H-pyrrole nitrogens is 1. The molecule has 12 nitrogen and oxygen atoms in total. The molecule has 2 saturated heterocycles. The lowest BCUT2D eigenvalue weighted by atomic mass is 9.74. The number of aromatic amines is 1. The average Bonchev–Trinajstić information content (AvgIpc) is 3.63. The zero-order chi connectivity index (χ0) is 47.5. The highest BCUT2D eigenvalue weighted by Gasteiger charge is 2.41. The highest BCUT2D eigenvalue weighted by atomic mass is 16.2. The molecule has 356 valence electrons. The van der Waals surface area contributed by atoms with E-state index in [1.807, 2.05) is 25.1 Å². The lowest BCUT2D eigenvalue weighted by molar-refractivity contribution is -0.134. The second kappa shape index (κ2) is 22.8. The Balaban J connectivity index is 0.000000206. The van der Waals surface area contributed by atoms with Gasteiger partial charge in [-0.2, -0.15) is 0 Å². The van der Waals surface area contributed by atoms with E-state index in [4.69, 9.17) is 0 Å². The van der Waals surface area contributed by atoms with Crippen molar-refractivity contribution in [3.63, 3.8) is 0 Å². The van der Waals surface area contributed by atoms with E-state index in [1.165, 1.54) is 69.0 Å². The molecule has 1 unspecified atom stereocenters. The summed E-state index contributed by atoms with van der Waals surface area (Å²) in [6.07, 6.45) is 17.5. The van der Waals surface area contributed by atoms with Crippen LogP contribution in [-0.2, 0) is 9.59 Å². The number of rotatable bonds is 16. The number of benzene rings is 2. The molecule has 2 aromatic carbocycles. The summed E-state index contributed by atoms with van der Waals surface area (Å²) in [5.41, 5.74) is 7.07. The molecule has 3 aromatic rings. The van der Waals surface area contributed by atoms with E-state index in [-0.39, 0.29) is 23.3 Å². The Morgan fingerprint density at radius 1 is 1.02 bits per heavy atom. The van der Waals surface area contributed by atoms with Crippen molar-refractivity contribution in [2.24, 2.45) is 17.3 Å². The number of nitrogens with one attached hydrogen (secondary N) is 5. The van der Waals surface area contributed by atoms with Crippen molar-refractivity contribution >= 4 is 46.2 Å². The molecular formula is C53H81N9O3. The monoisotopic (exact) mass is 892 g/mol. The second-order valence-corrected chi connectivity index (χ2v) is 19.5. The van der Waals surface area contributed by atoms with Gasteiger partial charge < -0.3 is 35.6 Å². The number of amides is 3. The van der Waals surface area contributed by atoms with Crippen LogP contribution in [0.25, 0.3) is 5.70 Å². The fourth-order valence-corrected chi connectivity index (χ4v) is 9.66. The normalized spacial score (nSPS) is 20.3. The van der Waals surface area contributed by atoms with Crippen LogP contribution in [-0.4, -0.2) is 72.5 Å². The van der Waals surface area contributed by atoms with Gasteiger partial charge in [0, 0.05) is 45.3 Å². The summed E-state index contributed by atoms with van der Waals surface area (Å²) in [6.45, 7) is 26.2. The van der Waals surface area contributed by atoms with Crippen LogP contribution in [0.1, 0.15) is 154 Å². The number of hydrogen-bond donors (Lipinski definition) is 5. The molecule has 12 heteroatoms. The number of imide groups is 1. The van der Waals surface area contributed by atoms with Crippen molar-refractivity contribution < 1.29 is 14.4 Å². The number of aryl methyl sites for hydroxylation is 1. The summed E-state index contributed by atoms with van der Waals surface area (Å²) in [5.74, 6) is 2.49. The van der Waals surface area contributed by atoms with E-state index in [2.05, 4.69) is 152 Å². The summed E-state index contributed by atoms with van der Waals surface area (Å²) >= 11 is 0. The second-order valence-electron chi connectivity index (χ2n) is 19.5. The number of anilines is 4. The largest absolute Gasteiger partial charge is 0.385 e. The van der Waals surface area contributed by atoms with Crippen molar-refractivity contribution in [1.82, 2.24) is 25.9 Å². The van der Waals surface area contributed by atoms with Gasteiger partial charge >= 0.3 is 0 Å². The van der Waals surface area contributed by atoms with Gasteiger partial charge in [0.2, 0.25) is 11.8 Å². The molecule has 7 rings (SSSR count). The minimum absolute atomic E-state index is 0.101. The molecule has 3 amide bonds. The predicted octanol–water partition coefficient (Wildman–Crippen LogP) is 10.5. The molecule has 3 aliphatic heterocycles. The molecule has 4 aliphatic rings. The van der Waals surface area contributed by atoms with Gasteiger partial charge in [0.1, 0.15) is 17.6 Å². The molecule has 65 heavy (non-hydrogen) atoms. The van der Waals surface area contributed by atoms with Crippen LogP contribution in [0.5, 0.6) is 0 Å². The number of aromatic nitrogens is 2. The first kappa shape index (κ1) is 50.7. The third kappa shape index (κ3) is 13.0. The Kier molecular flexibility index (Phi) is 17.8. The van der Waals surface area contributed by atoms with Crippen molar-refractivity contribution in [2.45, 2.75) is 157 Å². The van der Waals surface area contributed by atoms with Crippen LogP contribution in [0.3, 0.4) is 0 Å². The standard InChI is InChI=1S/C23H32N4O2.C21H29N5O.C9H20/c1-5-23(6-2)12-14-26(15-13-23)17-8-7-9-18-21(17)25(4)16(3)27(18)19-10-11-20(28)24-22(19)29;1-13-7-6-8-15(9-13)26-21(3,4)11-17(22-5)19-23-12-18(24-19)20(27)25-16-10-14(16)2;1-4-7-9(6-3)8-5-2/h7-9,19H,3,5-6,10-15H2,1-2,4H3,(H,24,28,29);6-9,11-12,14,16,22,26H,10H2,1-5H3,(H,23,24)(H,25,27);9H,4-8H2,1-3H3/b;17-11+;/t;14-,16+;/m.0./s1. The van der Waals surface area contributed by atoms with E-state index in [0.717, 1.165) is 54.0 Å². The first-order valence-electron chi connectivity index (χ1n) is 24.6. The number of fused-ring (bicyclic) bond motifs is 1. The van der Waals surface area contributed by atoms with Crippen LogP contribution in [0.4, 0.5) is 22.7 Å². The number of nitrogens with zero attached hydrogens (tertiary/aromatic N) is 4. The van der Waals surface area contributed by atoms with Gasteiger partial charge in [0.15, 0.2) is 5.82 Å². The number of piperidine rings is 2. The van der Waals surface area contributed by atoms with Gasteiger partial charge in [-0.1, -0.05) is 111 Å². The smallest absolute Gasteiger partial charge is 0.269 e. The summed E-state index contributed by atoms with van der Waals surface area (Å²) in [4.78, 5) is 50.5. The van der Waals surface area contributed by atoms with Gasteiger partial charge in [0.25, 0.3) is 5.91 Å². The Hall–Kier alpha value is -5.26. The third-order valence-corrected chi connectivity index (χ3v) is 14.2. The SMILES string of the molecule is C=C1N(C)c2c(N3CCC(CC)(CC)CC3)cccc2N1C1CCC(=O)NC1=O.CCCC(CC)CCC.CN/C(=C/C(C)(C)Nc1cccc(C)c1)c1ncc(C(=O)N[C@@H]2C[C@@H]2C)[nH]1. The summed E-state index contributed by atoms with van der Waals surface area (Å²) in [7, 11) is 3.87. The molecule has 0 radical (unpaired) electrons. The molecule has 3 atom stereocenters. The van der Waals surface area contributed by atoms with E-state index in [0.29, 0.717) is 41.7 Å². The number of imidazole rings is 1. The Morgan fingerprint density at radius 3 is 2.23 bits per heavy atom. The Bertz CT molecular complexity index is 2100. The predicted molar refractivity (Wildman–Crippen MR) is 270 cm³/mol. The van der Waals surface area contributed by atoms with Crippen LogP contribution in [0, 0.1) is 24.2 Å². The first-order chi connectivity index (χ1) is 31.0. The third-order valence-electron chi connectivity index (χ3n) is 14.2. The average molecular weight is 892 g/mol. The summed E-state index contributed by atoms with van der Waals surface area (Å²) < 4.78 is 0. The van der Waals surface area contributed by atoms with Crippen LogP contribution < -0.4 is 36.0 Å². The van der Waals surface area contributed by atoms with Crippen LogP contribution in [0.15, 0.2) is 67.1 Å². The van der Waals surface area contributed by atoms with E-state index in [1.54, 1.807) is 6.20 Å². The topological polar surface area (TPSA) is 138 Å². The number of carbonyl (C=O) groups is 3. The van der Waals surface area contributed by atoms with Crippen LogP contribution >= 0.6 is 0 Å². The van der Waals surface area contributed by atoms with Gasteiger partial charge in [0.05, 0.1) is 34.5 Å². The number of para-hydroxylation sites is 1. The first-order valence-corrected chi connectivity index (χ1v) is 24.6. The van der Waals surface area contributed by atoms with Crippen molar-refractivity contribution in [3.8, 4) is 0 Å². The van der Waals surface area contributed by atoms with E-state index >= 15 is 0 Å². The molecule has 1 saturated carbocycles. The molecule has 0 spiro atoms. The lowest BCUT2D eigenvalue weighted by Gasteiger charge is -2.42. The minimum atomic E-state index is -0.395. The van der Waals surface area contributed by atoms with E-state index < -0.39 is 6.04 Å². The zero-order valence-electron chi connectivity index (χ0n) is 41.6. The van der Waals surface area contributed by atoms with Gasteiger partial charge in [-0.3, -0.25) is 19.7 Å². The fraction of sp³-hybridized carbons (Fsp3) is 0.585. The van der Waals surface area contributed by atoms with Crippen molar-refractivity contribution in [2.75, 3.05) is 47.2 Å². The maximum absolute atomic E-state index is 12.5. The van der Waals surface area contributed by atoms with Crippen LogP contribution in [0.2, 0.25) is 0 Å². The Labute approximate surface area is 390 Å². The van der Waals surface area contributed by atoms with E-state index in [9.17, 15) is 14.4 Å². The fourth-order valence-electron chi connectivity index (χ4n) is 9.66. The zero-order valence-corrected chi connectivity index (χ0v) is 41.6. The maximum Gasteiger partial charge on any atom is 0.269 e. The minimum Gasteiger partial charge on any atom is -0.385 e. The molecule has 0 bridgehead atoms. The summed E-state index contributed by atoms with van der Waals surface area (Å²) in [5, 5.41) is 12.2. The molecule has 1 aromatic heterocycles. The summed E-state index contributed by atoms with van der Waals surface area (Å²) in [6, 6.07) is 14.5. The Morgan fingerprint density at radius 2 is 1.66 bits per heavy atom. The highest BCUT2D eigenvalue weighted by Crippen LogP contribution is 2.49. The molecule has 3 fully saturated rings. The van der Waals surface area contributed by atoms with Crippen molar-refractivity contribution in [1.29, 1.82) is 0 Å². The van der Waals surface area contributed by atoms with Crippen molar-refractivity contribution in [3.05, 3.63) is 84.2 Å². The molecule has 1 aliphatic carbocycles. The van der Waals surface area contributed by atoms with Gasteiger partial charge in [-0.05, 0) is 99.6 Å². The highest BCUT2D eigenvalue weighted by molar-refractivity contribution is 6.04. The molecular weight excluding hydrogens is 811 g/mol. The maximum atomic E-state index is 12.5. The van der Waals surface area contributed by atoms with Gasteiger partial charge in [-0.25, -0.2) is 4.98 Å². The number of hydrogen-bond acceptors (Lipinski definition) is 9. The number of carbonyl (C=O) groups excluding carboxylic acids is 3. The van der Waals surface area contributed by atoms with Gasteiger partial charge in [-0.15, -0.1) is 0 Å². The quantitative estimate of drug-likeness (QED) is 0.0890. The molecule has 5 N–H and O–H groups in total. The lowest BCUT2D eigenvalue weighted by Crippen LogP contribution is -2.52. The molecule has 4 heterocycles.